The van der Waals surface area contributed by atoms with E-state index in [1.807, 2.05) is 6.92 Å². The van der Waals surface area contributed by atoms with Gasteiger partial charge in [-0.2, -0.15) is 0 Å². The first-order valence-corrected chi connectivity index (χ1v) is 32.6. The molecule has 5 aliphatic heterocycles. The van der Waals surface area contributed by atoms with Crippen molar-refractivity contribution >= 4 is 94.4 Å². The second kappa shape index (κ2) is 35.7. The van der Waals surface area contributed by atoms with Gasteiger partial charge in [0, 0.05) is 60.6 Å². The topological polar surface area (TPSA) is 381 Å². The Balaban J connectivity index is 1.45. The van der Waals surface area contributed by atoms with Crippen LogP contribution in [0.1, 0.15) is 118 Å². The minimum atomic E-state index is -2.71. The van der Waals surface area contributed by atoms with Crippen molar-refractivity contribution < 1.29 is 138 Å². The summed E-state index contributed by atoms with van der Waals surface area (Å²) in [6, 6.07) is 12.8. The Labute approximate surface area is 579 Å². The van der Waals surface area contributed by atoms with E-state index in [0.29, 0.717) is 24.8 Å². The van der Waals surface area contributed by atoms with Crippen molar-refractivity contribution in [2.75, 3.05) is 33.0 Å². The highest BCUT2D eigenvalue weighted by Gasteiger charge is 2.61. The molecule has 2 amide bonds. The molecule has 2 aromatic carbocycles. The summed E-state index contributed by atoms with van der Waals surface area (Å²) >= 11 is 18.4. The van der Waals surface area contributed by atoms with Gasteiger partial charge in [0.05, 0.1) is 17.6 Å². The van der Waals surface area contributed by atoms with Gasteiger partial charge in [-0.3, -0.25) is 43.2 Å². The summed E-state index contributed by atoms with van der Waals surface area (Å²) in [4.78, 5) is 134. The number of carbonyl (C=O) groups excluding carboxylic acids is 10. The van der Waals surface area contributed by atoms with E-state index in [4.69, 9.17) is 120 Å². The van der Waals surface area contributed by atoms with Crippen molar-refractivity contribution in [3.63, 3.8) is 0 Å². The number of fused-ring (bicyclic) bond motifs is 1. The third-order valence-electron chi connectivity index (χ3n) is 15.4. The molecule has 1 unspecified atom stereocenters. The highest BCUT2D eigenvalue weighted by atomic mass is 35.6. The molecule has 0 radical (unpaired) electrons. The summed E-state index contributed by atoms with van der Waals surface area (Å²) in [5, 5.41) is 17.6. The van der Waals surface area contributed by atoms with Crippen molar-refractivity contribution in [1.29, 1.82) is 0 Å². The first-order valence-electron chi connectivity index (χ1n) is 31.5. The summed E-state index contributed by atoms with van der Waals surface area (Å²) < 4.78 is 110. The Hall–Kier alpha value is -6.43. The van der Waals surface area contributed by atoms with Crippen LogP contribution in [-0.4, -0.2) is 224 Å². The van der Waals surface area contributed by atoms with Crippen molar-refractivity contribution in [3.8, 4) is 0 Å². The van der Waals surface area contributed by atoms with Gasteiger partial charge in [-0.05, 0) is 39.3 Å². The number of nitrogens with one attached hydrogen (secondary N) is 2. The lowest BCUT2D eigenvalue weighted by Gasteiger charge is -2.52. The van der Waals surface area contributed by atoms with E-state index in [-0.39, 0.29) is 18.8 Å². The van der Waals surface area contributed by atoms with Crippen molar-refractivity contribution in [1.82, 2.24) is 10.6 Å². The smallest absolute Gasteiger partial charge is 0.338 e. The Kier molecular flexibility index (Phi) is 28.8. The van der Waals surface area contributed by atoms with Gasteiger partial charge in [0.15, 0.2) is 62.0 Å². The first kappa shape index (κ1) is 78.9. The molecule has 34 heteroatoms. The Morgan fingerprint density at radius 3 is 1.55 bits per heavy atom. The zero-order chi connectivity index (χ0) is 71.9. The summed E-state index contributed by atoms with van der Waals surface area (Å²) in [6.07, 6.45) is -32.3. The number of hydrogen-bond acceptors (Lipinski definition) is 29. The van der Waals surface area contributed by atoms with Crippen LogP contribution in [0, 0.1) is 5.41 Å². The number of aliphatic hydroxyl groups is 1. The number of aliphatic hydroxyl groups excluding tert-OH is 1. The molecule has 3 N–H and O–H groups in total. The van der Waals surface area contributed by atoms with E-state index < -0.39 is 218 Å². The van der Waals surface area contributed by atoms with Gasteiger partial charge < -0.3 is 101 Å². The van der Waals surface area contributed by atoms with Crippen LogP contribution < -0.4 is 10.6 Å². The van der Waals surface area contributed by atoms with Gasteiger partial charge in [-0.1, -0.05) is 103 Å². The second-order valence-electron chi connectivity index (χ2n) is 24.4. The second-order valence-corrected chi connectivity index (χ2v) is 26.7. The van der Waals surface area contributed by atoms with Gasteiger partial charge in [-0.15, -0.1) is 0 Å². The number of amides is 2. The Morgan fingerprint density at radius 1 is 0.520 bits per heavy atom. The predicted octanol–water partition coefficient (Wildman–Crippen LogP) is 3.75. The molecule has 544 valence electrons. The molecule has 0 aliphatic carbocycles. The van der Waals surface area contributed by atoms with Crippen LogP contribution in [0.25, 0.3) is 0 Å². The van der Waals surface area contributed by atoms with Crippen molar-refractivity contribution in [2.24, 2.45) is 5.41 Å². The monoisotopic (exact) mass is 1450 g/mol. The van der Waals surface area contributed by atoms with Gasteiger partial charge >= 0.3 is 47.8 Å². The van der Waals surface area contributed by atoms with E-state index in [0.717, 1.165) is 48.5 Å². The first-order chi connectivity index (χ1) is 46.2. The third kappa shape index (κ3) is 21.8. The molecule has 7 rings (SSSR count). The lowest BCUT2D eigenvalue weighted by atomic mass is 9.93. The van der Waals surface area contributed by atoms with E-state index >= 15 is 0 Å². The average Bonchev–Trinajstić information content (AvgIpc) is 0.758. The number of esters is 8. The lowest BCUT2D eigenvalue weighted by molar-refractivity contribution is -0.390. The van der Waals surface area contributed by atoms with Gasteiger partial charge in [0.25, 0.3) is 9.70 Å². The van der Waals surface area contributed by atoms with Gasteiger partial charge in [-0.25, -0.2) is 4.79 Å². The third-order valence-corrected chi connectivity index (χ3v) is 16.0. The fourth-order valence-electron chi connectivity index (χ4n) is 11.2. The van der Waals surface area contributed by atoms with Crippen LogP contribution in [0.4, 0.5) is 0 Å². The largest absolute Gasteiger partial charge is 0.463 e. The average molecular weight is 1450 g/mol. The maximum absolute atomic E-state index is 14.1. The van der Waals surface area contributed by atoms with E-state index in [1.54, 1.807) is 48.5 Å². The number of alkyl halides is 3. The molecule has 0 saturated carbocycles. The van der Waals surface area contributed by atoms with Crippen LogP contribution in [0.5, 0.6) is 0 Å². The zero-order valence-corrected chi connectivity index (χ0v) is 57.8. The van der Waals surface area contributed by atoms with Crippen LogP contribution in [-0.2, 0) is 128 Å². The molecule has 0 aromatic heterocycles. The zero-order valence-electron chi connectivity index (χ0n) is 55.6. The number of carbonyl (C=O) groups is 10. The predicted molar refractivity (Wildman–Crippen MR) is 332 cm³/mol. The fraction of sp³-hybridized carbons (Fsp3) is 0.656. The van der Waals surface area contributed by atoms with Crippen molar-refractivity contribution in [2.45, 2.75) is 228 Å². The van der Waals surface area contributed by atoms with Crippen LogP contribution in [0.15, 0.2) is 60.7 Å². The van der Waals surface area contributed by atoms with Crippen LogP contribution in [0.2, 0.25) is 0 Å². The fourth-order valence-corrected chi connectivity index (χ4v) is 11.4. The molecular formula is C64H83Cl3N2O29. The molecule has 5 heterocycles. The minimum absolute atomic E-state index is 0.0521. The summed E-state index contributed by atoms with van der Waals surface area (Å²) in [5.74, 6) is -9.85. The maximum atomic E-state index is 14.1. The van der Waals surface area contributed by atoms with Gasteiger partial charge in [0.1, 0.15) is 86.8 Å². The molecule has 21 atom stereocenters. The molecule has 2 aromatic rings. The molecule has 5 saturated heterocycles. The minimum Gasteiger partial charge on any atom is -0.463 e. The standard InChI is InChI=1S/C64H83Cl3N2O29/c1-12-13-20-25-81-57-44(68-30(2)70)50(97-60-53(89-35(7)75)51(88-34(6)74)48(86-32(4)72)40(93-60)26-82-31(3)71)47(41(91-57)27-83-55(78)37-21-16-14-17-22-37)96-59-54(90-36(8)76)52(49(87-33(5)73)42(94-59)29-85-62(80)63(9,10)11)98-58-43(69-61(79)64(65,66)67)45(77)46-39(92-58)28-84-56(95-46)38-23-18-15-19-24-38/h14-19,21-24,39-54,56-60,77H,12-13,20,25-29H2,1-11H3,(H,68,70)(H,69,79)/t39-,40-,41-,42-,43-,44-,45-,46-,47-,48+,49+,50-,51+,52+,53-,54-,56?,57-,58+,59+,60+/m1/s1. The highest BCUT2D eigenvalue weighted by Crippen LogP contribution is 2.41. The normalized spacial score (nSPS) is 31.7. The molecular weight excluding hydrogens is 1370 g/mol. The maximum Gasteiger partial charge on any atom is 0.338 e. The number of hydrogen-bond donors (Lipinski definition) is 3. The summed E-state index contributed by atoms with van der Waals surface area (Å²) in [6.45, 7) is 10.9. The molecule has 0 spiro atoms. The quantitative estimate of drug-likeness (QED) is 0.0522. The molecule has 5 aliphatic rings. The summed E-state index contributed by atoms with van der Waals surface area (Å²) in [5.41, 5.74) is -0.617. The Morgan fingerprint density at radius 2 is 1.01 bits per heavy atom. The number of unbranched alkanes of at least 4 members (excludes halogenated alkanes) is 2. The van der Waals surface area contributed by atoms with E-state index in [1.165, 1.54) is 32.9 Å². The SMILES string of the molecule is CCCCCO[C@@H]1O[C@H](COC(=O)c2ccccc2)[C@@H](O[C@@H]2O[C@H](COC(=O)C(C)(C)C)[C@H](OC(C)=O)[C@H](O[C@@H]3O[C@@H]4COC(c5ccccc5)O[C@H]4[C@H](O)[C@H]3NC(=O)C(Cl)(Cl)Cl)[C@H]2OC(C)=O)[C@H](O[C@@H]2O[C@H](COC(C)=O)[C@H](OC(C)=O)[C@H](OC(C)=O)[C@H]2OC(C)=O)[C@H]1NC(C)=O. The molecule has 5 fully saturated rings. The molecule has 0 bridgehead atoms. The number of rotatable bonds is 26. The Bertz CT molecular complexity index is 3070. The highest BCUT2D eigenvalue weighted by molar-refractivity contribution is 6.76. The number of ether oxygens (including phenoxy) is 18. The van der Waals surface area contributed by atoms with E-state index in [9.17, 15) is 53.1 Å². The summed E-state index contributed by atoms with van der Waals surface area (Å²) in [7, 11) is 0. The number of halogens is 3. The lowest BCUT2D eigenvalue weighted by Crippen LogP contribution is -2.72. The number of benzene rings is 2. The van der Waals surface area contributed by atoms with Crippen LogP contribution >= 0.6 is 34.8 Å². The van der Waals surface area contributed by atoms with Gasteiger partial charge in [0.2, 0.25) is 5.91 Å². The van der Waals surface area contributed by atoms with Crippen molar-refractivity contribution in [3.05, 3.63) is 71.8 Å². The van der Waals surface area contributed by atoms with E-state index in [2.05, 4.69) is 10.6 Å². The molecule has 31 nitrogen and oxygen atoms in total. The molecule has 98 heavy (non-hydrogen) atoms. The van der Waals surface area contributed by atoms with Crippen LogP contribution in [0.3, 0.4) is 0 Å².